The van der Waals surface area contributed by atoms with Gasteiger partial charge in [0.2, 0.25) is 0 Å². The number of nitrogens with one attached hydrogen (secondary N) is 1. The highest BCUT2D eigenvalue weighted by Crippen LogP contribution is 2.17. The van der Waals surface area contributed by atoms with Crippen LogP contribution in [0.3, 0.4) is 0 Å². The topological polar surface area (TPSA) is 85.8 Å². The van der Waals surface area contributed by atoms with Crippen molar-refractivity contribution >= 4 is 28.5 Å². The van der Waals surface area contributed by atoms with E-state index in [9.17, 15) is 9.59 Å². The summed E-state index contributed by atoms with van der Waals surface area (Å²) in [6.07, 6.45) is 1.87. The third-order valence-electron chi connectivity index (χ3n) is 3.14. The Morgan fingerprint density at radius 2 is 2.10 bits per heavy atom. The monoisotopic (exact) mass is 298 g/mol. The second-order valence-corrected chi connectivity index (χ2v) is 5.91. The maximum atomic E-state index is 12.0. The van der Waals surface area contributed by atoms with Gasteiger partial charge in [0.05, 0.1) is 6.42 Å². The van der Waals surface area contributed by atoms with Gasteiger partial charge in [-0.3, -0.25) is 15.0 Å². The summed E-state index contributed by atoms with van der Waals surface area (Å²) in [5, 5.41) is 12.0. The minimum Gasteiger partial charge on any atom is -0.481 e. The number of nitrogens with zero attached hydrogens (tertiary/aromatic N) is 3. The van der Waals surface area contributed by atoms with Crippen LogP contribution in [0.15, 0.2) is 6.20 Å². The molecule has 1 aromatic heterocycles. The Kier molecular flexibility index (Phi) is 4.91. The van der Waals surface area contributed by atoms with Crippen LogP contribution in [0.25, 0.3) is 0 Å². The standard InChI is InChI=1S/C12H18N4O3S/c1-9-8-13-11(20-9)14-12(19)16-6-4-15(5-7-16)3-2-10(17)18/h8H,2-7H2,1H3,(H,17,18)(H,13,14,19). The number of carboxylic acids is 1. The van der Waals surface area contributed by atoms with Crippen LogP contribution in [0.2, 0.25) is 0 Å². The molecule has 0 aromatic carbocycles. The van der Waals surface area contributed by atoms with Crippen molar-refractivity contribution in [2.24, 2.45) is 0 Å². The van der Waals surface area contributed by atoms with Crippen molar-refractivity contribution < 1.29 is 14.7 Å². The fourth-order valence-electron chi connectivity index (χ4n) is 2.01. The summed E-state index contributed by atoms with van der Waals surface area (Å²) in [5.74, 6) is -0.788. The molecule has 0 aliphatic carbocycles. The number of urea groups is 1. The van der Waals surface area contributed by atoms with Crippen LogP contribution < -0.4 is 5.32 Å². The van der Waals surface area contributed by atoms with Crippen molar-refractivity contribution in [3.8, 4) is 0 Å². The highest BCUT2D eigenvalue weighted by atomic mass is 32.1. The van der Waals surface area contributed by atoms with Gasteiger partial charge in [0.1, 0.15) is 0 Å². The molecule has 0 radical (unpaired) electrons. The molecule has 1 aliphatic heterocycles. The summed E-state index contributed by atoms with van der Waals surface area (Å²) in [6.45, 7) is 5.10. The smallest absolute Gasteiger partial charge is 0.323 e. The molecule has 2 heterocycles. The van der Waals surface area contributed by atoms with Crippen molar-refractivity contribution in [2.45, 2.75) is 13.3 Å². The largest absolute Gasteiger partial charge is 0.481 e. The van der Waals surface area contributed by atoms with E-state index in [1.54, 1.807) is 11.1 Å². The van der Waals surface area contributed by atoms with Crippen LogP contribution in [-0.4, -0.2) is 64.6 Å². The number of thiazole rings is 1. The molecule has 20 heavy (non-hydrogen) atoms. The minimum atomic E-state index is -0.788. The Morgan fingerprint density at radius 1 is 1.40 bits per heavy atom. The molecule has 2 N–H and O–H groups in total. The van der Waals surface area contributed by atoms with Gasteiger partial charge < -0.3 is 10.0 Å². The highest BCUT2D eigenvalue weighted by molar-refractivity contribution is 7.15. The third-order valence-corrected chi connectivity index (χ3v) is 3.96. The molecular formula is C12H18N4O3S. The lowest BCUT2D eigenvalue weighted by atomic mass is 10.3. The molecule has 0 atom stereocenters. The van der Waals surface area contributed by atoms with E-state index >= 15 is 0 Å². The zero-order chi connectivity index (χ0) is 14.5. The average Bonchev–Trinajstić information content (AvgIpc) is 2.82. The zero-order valence-electron chi connectivity index (χ0n) is 11.3. The van der Waals surface area contributed by atoms with E-state index in [1.165, 1.54) is 11.3 Å². The van der Waals surface area contributed by atoms with E-state index in [-0.39, 0.29) is 12.5 Å². The summed E-state index contributed by atoms with van der Waals surface area (Å²) in [7, 11) is 0. The molecule has 1 fully saturated rings. The predicted octanol–water partition coefficient (Wildman–Crippen LogP) is 1.08. The number of carbonyl (C=O) groups excluding carboxylic acids is 1. The highest BCUT2D eigenvalue weighted by Gasteiger charge is 2.21. The van der Waals surface area contributed by atoms with Crippen molar-refractivity contribution in [1.82, 2.24) is 14.8 Å². The molecule has 0 saturated carbocycles. The normalized spacial score (nSPS) is 16.1. The number of rotatable bonds is 4. The Hall–Kier alpha value is -1.67. The summed E-state index contributed by atoms with van der Waals surface area (Å²) in [6, 6.07) is -0.141. The van der Waals surface area contributed by atoms with E-state index in [2.05, 4.69) is 15.2 Å². The molecule has 8 heteroatoms. The Balaban J connectivity index is 1.75. The van der Waals surface area contributed by atoms with Crippen LogP contribution in [0.4, 0.5) is 9.93 Å². The van der Waals surface area contributed by atoms with Gasteiger partial charge in [0.25, 0.3) is 0 Å². The summed E-state index contributed by atoms with van der Waals surface area (Å²) in [5.41, 5.74) is 0. The molecule has 2 amide bonds. The quantitative estimate of drug-likeness (QED) is 0.868. The maximum absolute atomic E-state index is 12.0. The van der Waals surface area contributed by atoms with Gasteiger partial charge in [-0.15, -0.1) is 11.3 Å². The summed E-state index contributed by atoms with van der Waals surface area (Å²) < 4.78 is 0. The van der Waals surface area contributed by atoms with Crippen molar-refractivity contribution in [1.29, 1.82) is 0 Å². The van der Waals surface area contributed by atoms with E-state index < -0.39 is 5.97 Å². The summed E-state index contributed by atoms with van der Waals surface area (Å²) >= 11 is 1.45. The number of amides is 2. The van der Waals surface area contributed by atoms with Gasteiger partial charge >= 0.3 is 12.0 Å². The predicted molar refractivity (Wildman–Crippen MR) is 76.1 cm³/mol. The first-order valence-electron chi connectivity index (χ1n) is 6.47. The van der Waals surface area contributed by atoms with E-state index in [0.717, 1.165) is 4.88 Å². The lowest BCUT2D eigenvalue weighted by Crippen LogP contribution is -2.50. The first-order chi connectivity index (χ1) is 9.54. The number of aryl methyl sites for hydroxylation is 1. The molecular weight excluding hydrogens is 280 g/mol. The van der Waals surface area contributed by atoms with Crippen LogP contribution in [-0.2, 0) is 4.79 Å². The molecule has 1 saturated heterocycles. The van der Waals surface area contributed by atoms with Crippen molar-refractivity contribution in [2.75, 3.05) is 38.0 Å². The molecule has 110 valence electrons. The minimum absolute atomic E-state index is 0.141. The molecule has 0 unspecified atom stereocenters. The van der Waals surface area contributed by atoms with Crippen molar-refractivity contribution in [3.63, 3.8) is 0 Å². The number of piperazine rings is 1. The van der Waals surface area contributed by atoms with Gasteiger partial charge in [-0.2, -0.15) is 0 Å². The Bertz CT molecular complexity index is 483. The number of hydrogen-bond donors (Lipinski definition) is 2. The van der Waals surface area contributed by atoms with E-state index in [1.807, 2.05) is 6.92 Å². The number of aliphatic carboxylic acids is 1. The number of carboxylic acid groups (broad SMARTS) is 1. The number of hydrogen-bond acceptors (Lipinski definition) is 5. The number of carbonyl (C=O) groups is 2. The van der Waals surface area contributed by atoms with Gasteiger partial charge in [-0.1, -0.05) is 0 Å². The lowest BCUT2D eigenvalue weighted by molar-refractivity contribution is -0.137. The van der Waals surface area contributed by atoms with Crippen LogP contribution >= 0.6 is 11.3 Å². The maximum Gasteiger partial charge on any atom is 0.323 e. The zero-order valence-corrected chi connectivity index (χ0v) is 12.2. The van der Waals surface area contributed by atoms with E-state index in [4.69, 9.17) is 5.11 Å². The third kappa shape index (κ3) is 4.17. The molecule has 0 bridgehead atoms. The molecule has 7 nitrogen and oxygen atoms in total. The average molecular weight is 298 g/mol. The van der Waals surface area contributed by atoms with Crippen LogP contribution in [0.5, 0.6) is 0 Å². The SMILES string of the molecule is Cc1cnc(NC(=O)N2CCN(CCC(=O)O)CC2)s1. The number of anilines is 1. The molecule has 2 rings (SSSR count). The van der Waals surface area contributed by atoms with Crippen LogP contribution in [0, 0.1) is 6.92 Å². The van der Waals surface area contributed by atoms with Gasteiger partial charge in [-0.05, 0) is 6.92 Å². The second kappa shape index (κ2) is 6.67. The molecule has 1 aromatic rings. The number of aromatic nitrogens is 1. The molecule has 0 spiro atoms. The lowest BCUT2D eigenvalue weighted by Gasteiger charge is -2.34. The first kappa shape index (κ1) is 14.7. The van der Waals surface area contributed by atoms with Gasteiger partial charge in [0.15, 0.2) is 5.13 Å². The Morgan fingerprint density at radius 3 is 2.65 bits per heavy atom. The Labute approximate surface area is 121 Å². The first-order valence-corrected chi connectivity index (χ1v) is 7.29. The second-order valence-electron chi connectivity index (χ2n) is 4.68. The van der Waals surface area contributed by atoms with Crippen LogP contribution in [0.1, 0.15) is 11.3 Å². The summed E-state index contributed by atoms with van der Waals surface area (Å²) in [4.78, 5) is 31.5. The van der Waals surface area contributed by atoms with Crippen molar-refractivity contribution in [3.05, 3.63) is 11.1 Å². The van der Waals surface area contributed by atoms with Gasteiger partial charge in [-0.25, -0.2) is 9.78 Å². The molecule has 1 aliphatic rings. The van der Waals surface area contributed by atoms with Gasteiger partial charge in [0, 0.05) is 43.8 Å². The van der Waals surface area contributed by atoms with E-state index in [0.29, 0.717) is 37.9 Å². The fourth-order valence-corrected chi connectivity index (χ4v) is 2.67. The fraction of sp³-hybridized carbons (Fsp3) is 0.583.